The number of amides is 1. The molecular weight excluding hydrogens is 518 g/mol. The minimum atomic E-state index is -0.689. The maximum absolute atomic E-state index is 13.0. The number of methoxy groups -OCH3 is 1. The molecule has 7 nitrogen and oxygen atoms in total. The number of aryl methyl sites for hydroxylation is 3. The highest BCUT2D eigenvalue weighted by atomic mass is 16.7. The van der Waals surface area contributed by atoms with Gasteiger partial charge in [-0.1, -0.05) is 54.6 Å². The van der Waals surface area contributed by atoms with Crippen LogP contribution >= 0.6 is 0 Å². The topological polar surface area (TPSA) is 75.3 Å². The van der Waals surface area contributed by atoms with Crippen LogP contribution in [0.15, 0.2) is 54.6 Å². The standard InChI is InChI=1S/C34H51NO6/c1-33(2,3)41-32(36)35-34(26-38-27-37-4,23-25-40-31-16-10-11-24-39-31)22-21-30-19-17-29(18-20-30)15-9-8-14-28-12-6-5-7-13-28/h5-7,12-13,17-20,31H,8-11,14-16,21-27H2,1-4H3,(H,35,36). The monoisotopic (exact) mass is 569 g/mol. The molecule has 0 aromatic heterocycles. The van der Waals surface area contributed by atoms with Gasteiger partial charge in [-0.15, -0.1) is 0 Å². The molecule has 1 saturated heterocycles. The van der Waals surface area contributed by atoms with Crippen LogP contribution in [0.4, 0.5) is 4.79 Å². The van der Waals surface area contributed by atoms with Gasteiger partial charge >= 0.3 is 6.09 Å². The van der Waals surface area contributed by atoms with Gasteiger partial charge in [0.05, 0.1) is 18.8 Å². The number of rotatable bonds is 17. The molecule has 1 aliphatic rings. The van der Waals surface area contributed by atoms with E-state index in [2.05, 4.69) is 59.9 Å². The van der Waals surface area contributed by atoms with Crippen LogP contribution in [-0.4, -0.2) is 57.2 Å². The summed E-state index contributed by atoms with van der Waals surface area (Å²) in [6, 6.07) is 19.5. The van der Waals surface area contributed by atoms with Crippen LogP contribution in [-0.2, 0) is 42.9 Å². The lowest BCUT2D eigenvalue weighted by molar-refractivity contribution is -0.166. The molecular formula is C34H51NO6. The van der Waals surface area contributed by atoms with Gasteiger partial charge in [0.15, 0.2) is 6.29 Å². The van der Waals surface area contributed by atoms with E-state index in [1.165, 1.54) is 29.5 Å². The van der Waals surface area contributed by atoms with Crippen molar-refractivity contribution < 1.29 is 28.5 Å². The van der Waals surface area contributed by atoms with Gasteiger partial charge in [-0.05, 0) is 102 Å². The summed E-state index contributed by atoms with van der Waals surface area (Å²) in [6.07, 6.45) is 8.96. The van der Waals surface area contributed by atoms with E-state index in [4.69, 9.17) is 23.7 Å². The second-order valence-electron chi connectivity index (χ2n) is 12.1. The molecule has 228 valence electrons. The Morgan fingerprint density at radius 2 is 1.56 bits per heavy atom. The average Bonchev–Trinajstić information content (AvgIpc) is 2.95. The lowest BCUT2D eigenvalue weighted by atomic mass is 9.88. The van der Waals surface area contributed by atoms with Crippen LogP contribution in [0.5, 0.6) is 0 Å². The van der Waals surface area contributed by atoms with Gasteiger partial charge in [0.1, 0.15) is 12.4 Å². The first-order valence-electron chi connectivity index (χ1n) is 15.2. The van der Waals surface area contributed by atoms with Crippen molar-refractivity contribution in [1.82, 2.24) is 5.32 Å². The number of ether oxygens (including phenoxy) is 5. The second kappa shape index (κ2) is 17.5. The number of alkyl carbamates (subject to hydrolysis) is 1. The fraction of sp³-hybridized carbons (Fsp3) is 0.618. The molecule has 1 aliphatic heterocycles. The number of benzene rings is 2. The van der Waals surface area contributed by atoms with Crippen molar-refractivity contribution >= 4 is 6.09 Å². The maximum Gasteiger partial charge on any atom is 0.408 e. The molecule has 0 spiro atoms. The number of hydrogen-bond acceptors (Lipinski definition) is 6. The van der Waals surface area contributed by atoms with E-state index in [0.29, 0.717) is 19.4 Å². The number of carbonyl (C=O) groups is 1. The Labute approximate surface area is 247 Å². The second-order valence-corrected chi connectivity index (χ2v) is 12.1. The summed E-state index contributed by atoms with van der Waals surface area (Å²) < 4.78 is 28.4. The van der Waals surface area contributed by atoms with Gasteiger partial charge in [-0.25, -0.2) is 4.79 Å². The van der Waals surface area contributed by atoms with Crippen molar-refractivity contribution in [3.05, 3.63) is 71.3 Å². The van der Waals surface area contributed by atoms with E-state index in [0.717, 1.165) is 45.1 Å². The summed E-state index contributed by atoms with van der Waals surface area (Å²) in [5.74, 6) is 0. The summed E-state index contributed by atoms with van der Waals surface area (Å²) in [5, 5.41) is 3.15. The molecule has 0 saturated carbocycles. The van der Waals surface area contributed by atoms with Crippen LogP contribution in [0.1, 0.15) is 82.4 Å². The lowest BCUT2D eigenvalue weighted by Gasteiger charge is -2.36. The summed E-state index contributed by atoms with van der Waals surface area (Å²) >= 11 is 0. The van der Waals surface area contributed by atoms with Crippen molar-refractivity contribution in [2.75, 3.05) is 33.7 Å². The van der Waals surface area contributed by atoms with E-state index in [-0.39, 0.29) is 19.7 Å². The number of unbranched alkanes of at least 4 members (excludes halogenated alkanes) is 1. The normalized spacial score (nSPS) is 17.1. The maximum atomic E-state index is 13.0. The molecule has 1 fully saturated rings. The molecule has 0 aliphatic carbocycles. The molecule has 2 aromatic rings. The first-order valence-corrected chi connectivity index (χ1v) is 15.2. The molecule has 0 bridgehead atoms. The van der Waals surface area contributed by atoms with E-state index in [9.17, 15) is 4.79 Å². The predicted molar refractivity (Wildman–Crippen MR) is 162 cm³/mol. The van der Waals surface area contributed by atoms with Crippen LogP contribution < -0.4 is 5.32 Å². The zero-order valence-electron chi connectivity index (χ0n) is 25.6. The van der Waals surface area contributed by atoms with E-state index >= 15 is 0 Å². The Kier molecular flexibility index (Phi) is 14.1. The third-order valence-corrected chi connectivity index (χ3v) is 7.31. The minimum absolute atomic E-state index is 0.142. The van der Waals surface area contributed by atoms with Gasteiger partial charge in [0.2, 0.25) is 0 Å². The molecule has 1 amide bonds. The van der Waals surface area contributed by atoms with Crippen molar-refractivity contribution in [2.24, 2.45) is 0 Å². The molecule has 1 N–H and O–H groups in total. The van der Waals surface area contributed by atoms with Crippen LogP contribution in [0.3, 0.4) is 0 Å². The first-order chi connectivity index (χ1) is 19.8. The molecule has 2 aromatic carbocycles. The Morgan fingerprint density at radius 1 is 0.902 bits per heavy atom. The fourth-order valence-electron chi connectivity index (χ4n) is 5.06. The Hall–Kier alpha value is -2.45. The van der Waals surface area contributed by atoms with Gasteiger partial charge in [-0.2, -0.15) is 0 Å². The molecule has 3 rings (SSSR count). The summed E-state index contributed by atoms with van der Waals surface area (Å²) in [7, 11) is 1.59. The summed E-state index contributed by atoms with van der Waals surface area (Å²) in [4.78, 5) is 13.0. The molecule has 2 atom stereocenters. The third-order valence-electron chi connectivity index (χ3n) is 7.31. The summed E-state index contributed by atoms with van der Waals surface area (Å²) in [6.45, 7) is 7.19. The lowest BCUT2D eigenvalue weighted by Crippen LogP contribution is -2.54. The highest BCUT2D eigenvalue weighted by molar-refractivity contribution is 5.68. The molecule has 1 heterocycles. The molecule has 0 radical (unpaired) electrons. The van der Waals surface area contributed by atoms with Crippen LogP contribution in [0.25, 0.3) is 0 Å². The van der Waals surface area contributed by atoms with Gasteiger partial charge in [0.25, 0.3) is 0 Å². The van der Waals surface area contributed by atoms with E-state index in [1.54, 1.807) is 7.11 Å². The smallest absolute Gasteiger partial charge is 0.408 e. The highest BCUT2D eigenvalue weighted by Crippen LogP contribution is 2.24. The largest absolute Gasteiger partial charge is 0.444 e. The Bertz CT molecular complexity index is 985. The van der Waals surface area contributed by atoms with Crippen molar-refractivity contribution in [3.63, 3.8) is 0 Å². The van der Waals surface area contributed by atoms with Gasteiger partial charge < -0.3 is 29.0 Å². The minimum Gasteiger partial charge on any atom is -0.444 e. The van der Waals surface area contributed by atoms with Gasteiger partial charge in [-0.3, -0.25) is 0 Å². The highest BCUT2D eigenvalue weighted by Gasteiger charge is 2.34. The zero-order chi connectivity index (χ0) is 29.4. The predicted octanol–water partition coefficient (Wildman–Crippen LogP) is 7.00. The van der Waals surface area contributed by atoms with Crippen LogP contribution in [0, 0.1) is 0 Å². The molecule has 41 heavy (non-hydrogen) atoms. The van der Waals surface area contributed by atoms with Crippen molar-refractivity contribution in [3.8, 4) is 0 Å². The van der Waals surface area contributed by atoms with Crippen LogP contribution in [0.2, 0.25) is 0 Å². The number of nitrogens with one attached hydrogen (secondary N) is 1. The fourth-order valence-corrected chi connectivity index (χ4v) is 5.06. The zero-order valence-corrected chi connectivity index (χ0v) is 25.6. The van der Waals surface area contributed by atoms with Gasteiger partial charge in [0, 0.05) is 13.7 Å². The molecule has 2 unspecified atom stereocenters. The summed E-state index contributed by atoms with van der Waals surface area (Å²) in [5.41, 5.74) is 2.68. The number of carbonyl (C=O) groups excluding carboxylic acids is 1. The molecule has 7 heteroatoms. The van der Waals surface area contributed by atoms with E-state index in [1.807, 2.05) is 20.8 Å². The van der Waals surface area contributed by atoms with Crippen molar-refractivity contribution in [1.29, 1.82) is 0 Å². The Morgan fingerprint density at radius 3 is 2.17 bits per heavy atom. The SMILES string of the molecule is COCOCC(CCOC1CCCCO1)(CCc1ccc(CCCCc2ccccc2)cc1)NC(=O)OC(C)(C)C. The van der Waals surface area contributed by atoms with E-state index < -0.39 is 17.2 Å². The number of hydrogen-bond donors (Lipinski definition) is 1. The Balaban J connectivity index is 1.60. The third kappa shape index (κ3) is 13.4. The van der Waals surface area contributed by atoms with Crippen molar-refractivity contribution in [2.45, 2.75) is 102 Å². The average molecular weight is 570 g/mol. The quantitative estimate of drug-likeness (QED) is 0.163. The first kappa shape index (κ1) is 33.1.